The number of aliphatic hydroxyl groups excluding tert-OH is 1. The van der Waals surface area contributed by atoms with Gasteiger partial charge in [-0.1, -0.05) is 13.8 Å². The third-order valence-electron chi connectivity index (χ3n) is 1.66. The summed E-state index contributed by atoms with van der Waals surface area (Å²) < 4.78 is 0. The van der Waals surface area contributed by atoms with E-state index in [1.165, 1.54) is 12.4 Å². The van der Waals surface area contributed by atoms with Gasteiger partial charge < -0.3 is 16.2 Å². The van der Waals surface area contributed by atoms with Crippen LogP contribution in [-0.2, 0) is 0 Å². The fourth-order valence-corrected chi connectivity index (χ4v) is 0.931. The topological polar surface area (TPSA) is 88.2 Å². The molecular weight excluding hydrogens is 206 g/mol. The van der Waals surface area contributed by atoms with Crippen LogP contribution in [0.4, 0.5) is 5.69 Å². The number of nitrogens with one attached hydrogen (secondary N) is 1. The second-order valence-corrected chi connectivity index (χ2v) is 3.02. The Hall–Kier alpha value is -1.62. The summed E-state index contributed by atoms with van der Waals surface area (Å²) in [5.74, 6) is -0.323. The van der Waals surface area contributed by atoms with Crippen molar-refractivity contribution in [2.75, 3.05) is 12.3 Å². The molecule has 90 valence electrons. The van der Waals surface area contributed by atoms with Crippen LogP contribution in [0.25, 0.3) is 0 Å². The molecule has 0 aliphatic heterocycles. The smallest absolute Gasteiger partial charge is 0.255 e. The van der Waals surface area contributed by atoms with Gasteiger partial charge in [0.2, 0.25) is 0 Å². The van der Waals surface area contributed by atoms with E-state index in [9.17, 15) is 4.79 Å². The fourth-order valence-electron chi connectivity index (χ4n) is 0.931. The highest BCUT2D eigenvalue weighted by Gasteiger charge is 2.09. The van der Waals surface area contributed by atoms with Crippen LogP contribution in [0.1, 0.15) is 31.1 Å². The predicted molar refractivity (Wildman–Crippen MR) is 64.0 cm³/mol. The van der Waals surface area contributed by atoms with Gasteiger partial charge >= 0.3 is 0 Å². The maximum Gasteiger partial charge on any atom is 0.255 e. The van der Waals surface area contributed by atoms with Crippen LogP contribution < -0.4 is 11.1 Å². The van der Waals surface area contributed by atoms with Crippen molar-refractivity contribution in [3.05, 3.63) is 24.0 Å². The lowest BCUT2D eigenvalue weighted by Crippen LogP contribution is -2.31. The maximum atomic E-state index is 11.4. The Labute approximate surface area is 95.7 Å². The van der Waals surface area contributed by atoms with Crippen molar-refractivity contribution < 1.29 is 9.90 Å². The summed E-state index contributed by atoms with van der Waals surface area (Å²) in [5.41, 5.74) is 6.27. The van der Waals surface area contributed by atoms with Crippen LogP contribution in [0.5, 0.6) is 0 Å². The molecule has 0 fully saturated rings. The zero-order chi connectivity index (χ0) is 12.6. The number of hydrogen-bond acceptors (Lipinski definition) is 4. The SMILES string of the molecule is CC.CC(O)CNC(=O)c1cnccc1N. The van der Waals surface area contributed by atoms with Crippen LogP contribution in [0, 0.1) is 0 Å². The Morgan fingerprint density at radius 2 is 2.25 bits per heavy atom. The Bertz CT molecular complexity index is 327. The molecule has 16 heavy (non-hydrogen) atoms. The third kappa shape index (κ3) is 4.75. The molecule has 0 aromatic carbocycles. The van der Waals surface area contributed by atoms with Crippen LogP contribution in [0.15, 0.2) is 18.5 Å². The Kier molecular flexibility index (Phi) is 6.87. The van der Waals surface area contributed by atoms with E-state index < -0.39 is 6.10 Å². The summed E-state index contributed by atoms with van der Waals surface area (Å²) in [6, 6.07) is 1.55. The van der Waals surface area contributed by atoms with E-state index in [-0.39, 0.29) is 12.5 Å². The largest absolute Gasteiger partial charge is 0.398 e. The standard InChI is InChI=1S/C9H13N3O2.C2H6/c1-6(13)4-12-9(14)7-5-11-3-2-8(7)10;1-2/h2-3,5-6,13H,4H2,1H3,(H2,10,11)(H,12,14);1-2H3. The summed E-state index contributed by atoms with van der Waals surface area (Å²) >= 11 is 0. The molecule has 1 atom stereocenters. The molecule has 0 aliphatic rings. The van der Waals surface area contributed by atoms with Gasteiger partial charge in [0, 0.05) is 24.6 Å². The van der Waals surface area contributed by atoms with E-state index in [1.54, 1.807) is 13.0 Å². The summed E-state index contributed by atoms with van der Waals surface area (Å²) in [6.07, 6.45) is 2.34. The van der Waals surface area contributed by atoms with Gasteiger partial charge in [-0.2, -0.15) is 0 Å². The number of carbonyl (C=O) groups excluding carboxylic acids is 1. The number of nitrogens with zero attached hydrogens (tertiary/aromatic N) is 1. The minimum absolute atomic E-state index is 0.202. The first-order valence-electron chi connectivity index (χ1n) is 5.27. The van der Waals surface area contributed by atoms with Crippen LogP contribution in [-0.4, -0.2) is 28.6 Å². The third-order valence-corrected chi connectivity index (χ3v) is 1.66. The van der Waals surface area contributed by atoms with Crippen molar-refractivity contribution in [1.29, 1.82) is 0 Å². The normalized spacial score (nSPS) is 11.0. The predicted octanol–water partition coefficient (Wildman–Crippen LogP) is 0.801. The highest BCUT2D eigenvalue weighted by molar-refractivity contribution is 5.98. The van der Waals surface area contributed by atoms with E-state index in [4.69, 9.17) is 10.8 Å². The van der Waals surface area contributed by atoms with E-state index in [1.807, 2.05) is 13.8 Å². The van der Waals surface area contributed by atoms with Gasteiger partial charge in [0.05, 0.1) is 11.7 Å². The quantitative estimate of drug-likeness (QED) is 0.710. The van der Waals surface area contributed by atoms with Crippen molar-refractivity contribution in [3.63, 3.8) is 0 Å². The van der Waals surface area contributed by atoms with Crippen molar-refractivity contribution in [3.8, 4) is 0 Å². The molecule has 1 aromatic rings. The van der Waals surface area contributed by atoms with Gasteiger partial charge in [0.15, 0.2) is 0 Å². The minimum Gasteiger partial charge on any atom is -0.398 e. The van der Waals surface area contributed by atoms with Crippen molar-refractivity contribution >= 4 is 11.6 Å². The van der Waals surface area contributed by atoms with Crippen molar-refractivity contribution in [2.24, 2.45) is 0 Å². The zero-order valence-electron chi connectivity index (χ0n) is 9.90. The van der Waals surface area contributed by atoms with E-state index in [2.05, 4.69) is 10.3 Å². The first kappa shape index (κ1) is 14.4. The lowest BCUT2D eigenvalue weighted by Gasteiger charge is -2.07. The lowest BCUT2D eigenvalue weighted by molar-refractivity contribution is 0.0924. The highest BCUT2D eigenvalue weighted by Crippen LogP contribution is 2.07. The molecule has 4 N–H and O–H groups in total. The number of aromatic nitrogens is 1. The second-order valence-electron chi connectivity index (χ2n) is 3.02. The van der Waals surface area contributed by atoms with Gasteiger partial charge in [-0.15, -0.1) is 0 Å². The molecule has 5 nitrogen and oxygen atoms in total. The molecule has 1 heterocycles. The molecule has 0 spiro atoms. The highest BCUT2D eigenvalue weighted by atomic mass is 16.3. The summed E-state index contributed by atoms with van der Waals surface area (Å²) in [6.45, 7) is 5.79. The Morgan fingerprint density at radius 3 is 2.75 bits per heavy atom. The summed E-state index contributed by atoms with van der Waals surface area (Å²) in [5, 5.41) is 11.5. The molecular formula is C11H19N3O2. The summed E-state index contributed by atoms with van der Waals surface area (Å²) in [4.78, 5) is 15.2. The number of hydrogen-bond donors (Lipinski definition) is 3. The van der Waals surface area contributed by atoms with Crippen molar-refractivity contribution in [2.45, 2.75) is 26.9 Å². The summed E-state index contributed by atoms with van der Waals surface area (Å²) in [7, 11) is 0. The average molecular weight is 225 g/mol. The van der Waals surface area contributed by atoms with E-state index in [0.717, 1.165) is 0 Å². The first-order valence-corrected chi connectivity index (χ1v) is 5.27. The molecule has 0 saturated heterocycles. The van der Waals surface area contributed by atoms with Gasteiger partial charge in [0.1, 0.15) is 0 Å². The monoisotopic (exact) mass is 225 g/mol. The molecule has 5 heteroatoms. The number of pyridine rings is 1. The average Bonchev–Trinajstić information content (AvgIpc) is 2.29. The van der Waals surface area contributed by atoms with Gasteiger partial charge in [-0.05, 0) is 13.0 Å². The number of carbonyl (C=O) groups is 1. The number of nitrogens with two attached hydrogens (primary N) is 1. The van der Waals surface area contributed by atoms with Crippen LogP contribution >= 0.6 is 0 Å². The van der Waals surface area contributed by atoms with E-state index >= 15 is 0 Å². The fraction of sp³-hybridized carbons (Fsp3) is 0.455. The Morgan fingerprint density at radius 1 is 1.62 bits per heavy atom. The molecule has 0 radical (unpaired) electrons. The molecule has 1 unspecified atom stereocenters. The van der Waals surface area contributed by atoms with Crippen LogP contribution in [0.2, 0.25) is 0 Å². The Balaban J connectivity index is 0.00000106. The molecule has 0 saturated carbocycles. The molecule has 1 aromatic heterocycles. The first-order chi connectivity index (χ1) is 7.61. The minimum atomic E-state index is -0.572. The second kappa shape index (κ2) is 7.64. The van der Waals surface area contributed by atoms with Crippen molar-refractivity contribution in [1.82, 2.24) is 10.3 Å². The van der Waals surface area contributed by atoms with Gasteiger partial charge in [-0.3, -0.25) is 9.78 Å². The number of rotatable bonds is 3. The lowest BCUT2D eigenvalue weighted by atomic mass is 10.2. The molecule has 1 amide bonds. The zero-order valence-corrected chi connectivity index (χ0v) is 9.90. The van der Waals surface area contributed by atoms with Crippen LogP contribution in [0.3, 0.4) is 0 Å². The number of aliphatic hydroxyl groups is 1. The molecule has 1 rings (SSSR count). The number of anilines is 1. The maximum absolute atomic E-state index is 11.4. The molecule has 0 aliphatic carbocycles. The number of amides is 1. The van der Waals surface area contributed by atoms with Gasteiger partial charge in [0.25, 0.3) is 5.91 Å². The number of nitrogen functional groups attached to an aromatic ring is 1. The molecule has 0 bridgehead atoms. The van der Waals surface area contributed by atoms with E-state index in [0.29, 0.717) is 11.3 Å². The van der Waals surface area contributed by atoms with Gasteiger partial charge in [-0.25, -0.2) is 0 Å².